The van der Waals surface area contributed by atoms with Gasteiger partial charge in [0.05, 0.1) is 0 Å². The van der Waals surface area contributed by atoms with Crippen LogP contribution in [0.2, 0.25) is 0 Å². The summed E-state index contributed by atoms with van der Waals surface area (Å²) in [6.45, 7) is 11.4. The minimum absolute atomic E-state index is 0.0183. The van der Waals surface area contributed by atoms with Crippen LogP contribution < -0.4 is 0 Å². The lowest BCUT2D eigenvalue weighted by Crippen LogP contribution is -2.65. The Morgan fingerprint density at radius 3 is 2.26 bits per heavy atom. The summed E-state index contributed by atoms with van der Waals surface area (Å²) in [7, 11) is 1.40. The van der Waals surface area contributed by atoms with Gasteiger partial charge in [-0.05, 0) is 68.2 Å². The van der Waals surface area contributed by atoms with Gasteiger partial charge in [-0.1, -0.05) is 63.2 Å². The van der Waals surface area contributed by atoms with Crippen molar-refractivity contribution in [1.29, 1.82) is 0 Å². The average molecular weight is 586 g/mol. The molecule has 1 saturated heterocycles. The molecule has 42 heavy (non-hydrogen) atoms. The Morgan fingerprint density at radius 1 is 1.07 bits per heavy atom. The fourth-order valence-corrected chi connectivity index (χ4v) is 5.85. The minimum atomic E-state index is -1.94. The molecule has 0 N–H and O–H groups in total. The molecule has 1 aliphatic rings. The second-order valence-electron chi connectivity index (χ2n) is 12.3. The lowest BCUT2D eigenvalue weighted by Gasteiger charge is -2.48. The van der Waals surface area contributed by atoms with Crippen LogP contribution in [0.4, 0.5) is 9.18 Å². The number of rotatable bonds is 11. The Kier molecular flexibility index (Phi) is 11.3. The third kappa shape index (κ3) is 7.55. The average Bonchev–Trinajstić information content (AvgIpc) is 2.94. The molecule has 1 aliphatic heterocycles. The third-order valence-corrected chi connectivity index (χ3v) is 7.84. The van der Waals surface area contributed by atoms with Gasteiger partial charge in [-0.25, -0.2) is 14.0 Å². The topological polar surface area (TPSA) is 91.4 Å². The van der Waals surface area contributed by atoms with Crippen LogP contribution in [-0.2, 0) is 35.4 Å². The molecule has 1 fully saturated rings. The van der Waals surface area contributed by atoms with Crippen molar-refractivity contribution in [2.45, 2.75) is 84.0 Å². The van der Waals surface area contributed by atoms with Crippen molar-refractivity contribution in [2.75, 3.05) is 20.3 Å². The number of hydrogen-bond acceptors (Lipinski definition) is 7. The first kappa shape index (κ1) is 33.2. The third-order valence-electron chi connectivity index (χ3n) is 7.84. The monoisotopic (exact) mass is 585 g/mol. The molecule has 0 bridgehead atoms. The number of hydrogen-bond donors (Lipinski definition) is 0. The number of carbonyl (C=O) groups is 3. The van der Waals surface area contributed by atoms with Crippen molar-refractivity contribution in [3.8, 4) is 0 Å². The summed E-state index contributed by atoms with van der Waals surface area (Å²) < 4.78 is 26.8. The molecule has 2 aromatic rings. The molecular weight excluding hydrogens is 541 g/mol. The van der Waals surface area contributed by atoms with Crippen molar-refractivity contribution in [1.82, 2.24) is 4.90 Å². The number of benzene rings is 2. The van der Waals surface area contributed by atoms with E-state index >= 15 is 4.39 Å². The van der Waals surface area contributed by atoms with Gasteiger partial charge in [-0.2, -0.15) is 4.89 Å². The van der Waals surface area contributed by atoms with Crippen LogP contribution in [0.15, 0.2) is 48.5 Å². The van der Waals surface area contributed by atoms with E-state index in [0.717, 1.165) is 10.5 Å². The first-order valence-corrected chi connectivity index (χ1v) is 14.5. The number of nitrogens with zero attached hydrogens (tertiary/aromatic N) is 1. The van der Waals surface area contributed by atoms with Gasteiger partial charge >= 0.3 is 12.1 Å². The number of ether oxygens (including phenoxy) is 2. The summed E-state index contributed by atoms with van der Waals surface area (Å²) in [5.74, 6) is -3.67. The van der Waals surface area contributed by atoms with E-state index in [9.17, 15) is 14.4 Å². The highest BCUT2D eigenvalue weighted by Crippen LogP contribution is 2.45. The molecule has 0 spiro atoms. The molecule has 0 aliphatic carbocycles. The van der Waals surface area contributed by atoms with E-state index in [0.29, 0.717) is 43.5 Å². The van der Waals surface area contributed by atoms with Crippen LogP contribution in [0.25, 0.3) is 0 Å². The number of carbonyl (C=O) groups excluding carboxylic acids is 3. The summed E-state index contributed by atoms with van der Waals surface area (Å²) in [6.07, 6.45) is 1.19. The summed E-state index contributed by atoms with van der Waals surface area (Å²) >= 11 is 0. The highest BCUT2D eigenvalue weighted by Gasteiger charge is 2.59. The molecular formula is C33H44FNO7. The number of likely N-dealkylation sites (N-methyl/N-ethyl adjacent to an activating group) is 1. The fraction of sp³-hybridized carbons (Fsp3) is 0.545. The molecule has 0 saturated carbocycles. The molecule has 2 aromatic carbocycles. The van der Waals surface area contributed by atoms with Crippen LogP contribution >= 0.6 is 0 Å². The Labute approximate surface area is 248 Å². The second kappa shape index (κ2) is 14.2. The Morgan fingerprint density at radius 2 is 1.71 bits per heavy atom. The van der Waals surface area contributed by atoms with E-state index in [1.807, 2.05) is 44.2 Å². The van der Waals surface area contributed by atoms with Gasteiger partial charge in [0, 0.05) is 32.1 Å². The number of amides is 1. The Balaban J connectivity index is 2.12. The molecule has 0 aromatic heterocycles. The summed E-state index contributed by atoms with van der Waals surface area (Å²) in [5, 5.41) is 0. The summed E-state index contributed by atoms with van der Waals surface area (Å²) in [5.41, 5.74) is -1.05. The van der Waals surface area contributed by atoms with Crippen LogP contribution in [0.3, 0.4) is 0 Å². The predicted molar refractivity (Wildman–Crippen MR) is 156 cm³/mol. The summed E-state index contributed by atoms with van der Waals surface area (Å²) in [4.78, 5) is 52.2. The van der Waals surface area contributed by atoms with Crippen LogP contribution in [0.5, 0.6) is 0 Å². The first-order chi connectivity index (χ1) is 19.8. The van der Waals surface area contributed by atoms with Crippen LogP contribution in [-0.4, -0.2) is 54.7 Å². The molecule has 9 heteroatoms. The molecule has 3 rings (SSSR count). The maximum atomic E-state index is 15.7. The van der Waals surface area contributed by atoms with Crippen LogP contribution in [0.1, 0.15) is 82.9 Å². The molecule has 8 nitrogen and oxygen atoms in total. The van der Waals surface area contributed by atoms with Gasteiger partial charge in [0.2, 0.25) is 0 Å². The quantitative estimate of drug-likeness (QED) is 0.167. The zero-order valence-corrected chi connectivity index (χ0v) is 25.7. The van der Waals surface area contributed by atoms with Gasteiger partial charge in [0.15, 0.2) is 5.54 Å². The highest BCUT2D eigenvalue weighted by atomic mass is 19.1. The van der Waals surface area contributed by atoms with Crippen LogP contribution in [0, 0.1) is 17.7 Å². The lowest BCUT2D eigenvalue weighted by molar-refractivity contribution is -0.290. The molecule has 0 radical (unpaired) electrons. The normalized spacial score (nSPS) is 17.2. The smallest absolute Gasteiger partial charge is 0.411 e. The zero-order chi connectivity index (χ0) is 31.1. The summed E-state index contributed by atoms with van der Waals surface area (Å²) in [6, 6.07) is 14.0. The number of halogens is 1. The predicted octanol–water partition coefficient (Wildman–Crippen LogP) is 6.58. The Hall–Kier alpha value is -3.30. The lowest BCUT2D eigenvalue weighted by atomic mass is 9.66. The van der Waals surface area contributed by atoms with Crippen molar-refractivity contribution in [3.63, 3.8) is 0 Å². The Bertz CT molecular complexity index is 1210. The SMILES string of the molecule is CC(C)C(c1ccc(C2CCOCC2)c(F)c1)[C@@](C(=O)OOCc1ccccc1)(C(C)C=O)N(C)C(=O)OC(C)(C)C. The maximum absolute atomic E-state index is 15.7. The highest BCUT2D eigenvalue weighted by molar-refractivity contribution is 5.90. The minimum Gasteiger partial charge on any atom is -0.444 e. The molecule has 2 unspecified atom stereocenters. The fourth-order valence-electron chi connectivity index (χ4n) is 5.85. The molecule has 1 heterocycles. The van der Waals surface area contributed by atoms with Crippen molar-refractivity contribution >= 4 is 18.3 Å². The van der Waals surface area contributed by atoms with Crippen molar-refractivity contribution in [2.24, 2.45) is 11.8 Å². The van der Waals surface area contributed by atoms with Gasteiger partial charge in [-0.3, -0.25) is 9.79 Å². The molecule has 3 atom stereocenters. The van der Waals surface area contributed by atoms with Crippen molar-refractivity contribution in [3.05, 3.63) is 71.0 Å². The molecule has 230 valence electrons. The van der Waals surface area contributed by atoms with E-state index in [2.05, 4.69) is 0 Å². The maximum Gasteiger partial charge on any atom is 0.411 e. The van der Waals surface area contributed by atoms with Gasteiger partial charge in [0.1, 0.15) is 24.3 Å². The van der Waals surface area contributed by atoms with Crippen molar-refractivity contribution < 1.29 is 38.0 Å². The van der Waals surface area contributed by atoms with E-state index in [4.69, 9.17) is 19.2 Å². The van der Waals surface area contributed by atoms with Gasteiger partial charge < -0.3 is 14.3 Å². The van der Waals surface area contributed by atoms with E-state index < -0.39 is 40.9 Å². The molecule has 1 amide bonds. The number of aldehydes is 1. The van der Waals surface area contributed by atoms with E-state index in [1.54, 1.807) is 32.9 Å². The van der Waals surface area contributed by atoms with E-state index in [-0.39, 0.29) is 18.4 Å². The first-order valence-electron chi connectivity index (χ1n) is 14.5. The second-order valence-corrected chi connectivity index (χ2v) is 12.3. The van der Waals surface area contributed by atoms with Gasteiger partial charge in [-0.15, -0.1) is 0 Å². The largest absolute Gasteiger partial charge is 0.444 e. The zero-order valence-electron chi connectivity index (χ0n) is 25.7. The van der Waals surface area contributed by atoms with Gasteiger partial charge in [0.25, 0.3) is 0 Å². The van der Waals surface area contributed by atoms with E-state index in [1.165, 1.54) is 20.0 Å². The standard InChI is InChI=1S/C33H44FNO7/c1-22(2)29(26-13-14-27(28(34)19-26)25-15-17-39-18-16-25)33(23(3)20-36,35(7)31(38)41-32(4,5)6)30(37)42-40-21-24-11-9-8-10-12-24/h8-14,19-20,22-23,25,29H,15-18,21H2,1-7H3/t23?,29?,33-/m1/s1.